The third kappa shape index (κ3) is 19.4. The molecule has 21 rings (SSSR count). The van der Waals surface area contributed by atoms with Gasteiger partial charge in [0.2, 0.25) is 0 Å². The minimum Gasteiger partial charge on any atom is -0.0622 e. The van der Waals surface area contributed by atoms with E-state index in [1.165, 1.54) is 203 Å². The summed E-state index contributed by atoms with van der Waals surface area (Å²) in [4.78, 5) is 0. The van der Waals surface area contributed by atoms with Gasteiger partial charge in [-0.05, 0) is 305 Å². The van der Waals surface area contributed by atoms with Crippen LogP contribution < -0.4 is 0 Å². The number of fused-ring (bicyclic) bond motifs is 8. The van der Waals surface area contributed by atoms with E-state index in [1.54, 1.807) is 0 Å². The zero-order valence-electron chi connectivity index (χ0n) is 72.2. The van der Waals surface area contributed by atoms with Gasteiger partial charge in [0.25, 0.3) is 0 Å². The van der Waals surface area contributed by atoms with Gasteiger partial charge in [0.1, 0.15) is 0 Å². The van der Waals surface area contributed by atoms with Crippen LogP contribution in [0.2, 0.25) is 0 Å². The highest BCUT2D eigenvalue weighted by molar-refractivity contribution is 9.11. The van der Waals surface area contributed by atoms with Gasteiger partial charge in [-0.25, -0.2) is 0 Å². The van der Waals surface area contributed by atoms with Crippen molar-refractivity contribution < 1.29 is 0 Å². The van der Waals surface area contributed by atoms with Crippen LogP contribution in [0.5, 0.6) is 0 Å². The molecule has 0 atom stereocenters. The number of hydrogen-bond acceptors (Lipinski definition) is 0. The molecule has 0 aliphatic rings. The van der Waals surface area contributed by atoms with Crippen molar-refractivity contribution in [3.63, 3.8) is 0 Å². The molecule has 21 aromatic carbocycles. The highest BCUT2D eigenvalue weighted by Gasteiger charge is 2.25. The Labute approximate surface area is 785 Å². The van der Waals surface area contributed by atoms with Gasteiger partial charge in [-0.15, -0.1) is 0 Å². The van der Waals surface area contributed by atoms with E-state index >= 15 is 0 Å². The number of rotatable bonds is 13. The summed E-state index contributed by atoms with van der Waals surface area (Å²) in [5, 5.41) is 20.0. The summed E-state index contributed by atoms with van der Waals surface area (Å²) in [5.74, 6) is 0. The van der Waals surface area contributed by atoms with Crippen molar-refractivity contribution in [2.75, 3.05) is 0 Å². The topological polar surface area (TPSA) is 0 Å². The lowest BCUT2D eigenvalue weighted by Gasteiger charge is -2.22. The Hall–Kier alpha value is -13.4. The van der Waals surface area contributed by atoms with E-state index in [4.69, 9.17) is 0 Å². The first-order valence-electron chi connectivity index (χ1n) is 43.6. The largest absolute Gasteiger partial charge is 0.0622 e. The fraction of sp³-hybridized carbons (Fsp3) is 0.0484. The van der Waals surface area contributed by atoms with E-state index in [0.29, 0.717) is 0 Å². The molecule has 0 amide bonds. The van der Waals surface area contributed by atoms with E-state index in [2.05, 4.69) is 535 Å². The summed E-state index contributed by atoms with van der Waals surface area (Å²) in [7, 11) is 0. The number of benzene rings is 21. The van der Waals surface area contributed by atoms with Gasteiger partial charge in [0.15, 0.2) is 0 Å². The minimum atomic E-state index is 1.12. The summed E-state index contributed by atoms with van der Waals surface area (Å²) in [6.45, 7) is 10.9. The smallest absolute Gasteiger partial charge is 0.0332 e. The second-order valence-corrected chi connectivity index (χ2v) is 35.6. The summed E-state index contributed by atoms with van der Waals surface area (Å²) >= 11 is 14.8. The Balaban J connectivity index is 0.000000135. The monoisotopic (exact) mass is 1900 g/mol. The van der Waals surface area contributed by atoms with Crippen LogP contribution in [0.4, 0.5) is 0 Å². The maximum atomic E-state index is 3.89. The van der Waals surface area contributed by atoms with Crippen molar-refractivity contribution >= 4 is 196 Å². The molecule has 0 aliphatic carbocycles. The van der Waals surface area contributed by atoms with Gasteiger partial charge in [-0.2, -0.15) is 0 Å². The van der Waals surface area contributed by atoms with Gasteiger partial charge >= 0.3 is 0 Å². The summed E-state index contributed by atoms with van der Waals surface area (Å²) in [6.07, 6.45) is 10.1. The van der Waals surface area contributed by atoms with Crippen molar-refractivity contribution in [3.05, 3.63) is 511 Å². The Morgan fingerprint density at radius 1 is 0.188 bits per heavy atom. The highest BCUT2D eigenvalue weighted by atomic mass is 79.9. The van der Waals surface area contributed by atoms with E-state index in [-0.39, 0.29) is 0 Å². The lowest BCUT2D eigenvalue weighted by Crippen LogP contribution is -1.95. The van der Waals surface area contributed by atoms with Crippen LogP contribution in [-0.4, -0.2) is 0 Å². The fourth-order valence-corrected chi connectivity index (χ4v) is 19.8. The average molecular weight is 1900 g/mol. The fourth-order valence-electron chi connectivity index (χ4n) is 17.7. The zero-order chi connectivity index (χ0) is 87.8. The lowest BCUT2D eigenvalue weighted by atomic mass is 9.80. The van der Waals surface area contributed by atoms with Crippen LogP contribution in [-0.2, 0) is 6.42 Å². The molecule has 0 saturated carbocycles. The molecule has 0 saturated heterocycles. The number of allylic oxidation sites excluding steroid dienone is 4. The molecule has 0 bridgehead atoms. The van der Waals surface area contributed by atoms with Crippen LogP contribution in [0.3, 0.4) is 0 Å². The van der Waals surface area contributed by atoms with Gasteiger partial charge < -0.3 is 0 Å². The number of hydrogen-bond donors (Lipinski definition) is 0. The molecule has 0 radical (unpaired) electrons. The van der Waals surface area contributed by atoms with E-state index in [1.807, 2.05) is 30.3 Å². The molecule has 0 spiro atoms. The van der Waals surface area contributed by atoms with Crippen LogP contribution in [0.15, 0.2) is 461 Å². The molecular weight excluding hydrogens is 1810 g/mol. The molecule has 0 unspecified atom stereocenters. The summed E-state index contributed by atoms with van der Waals surface area (Å²) in [5.41, 5.74) is 26.4. The molecular formula is C124H94Br4. The van der Waals surface area contributed by atoms with Crippen molar-refractivity contribution in [1.29, 1.82) is 0 Å². The van der Waals surface area contributed by atoms with Gasteiger partial charge in [-0.1, -0.05) is 470 Å². The van der Waals surface area contributed by atoms with Gasteiger partial charge in [0.05, 0.1) is 0 Å². The first-order valence-corrected chi connectivity index (χ1v) is 46.8. The standard InChI is InChI=1S/C58H42.C28H16Br2.2C15H13Br.C8H10/c1-39(35-41-19-5-3-6-20-41)43-23-17-25-45(37-43)55-47-27-9-13-31-51(47)57(52-32-14-10-28-48(52)55)58-53-33-15-11-29-49(53)56(50-30-12-16-34-54(50)58)46-26-18-24-44(38-46)40(2)36-42-21-7-4-8-22-42;29-27-21-13-5-1-9-17(21)25(18-10-2-6-14-22(18)27)26-19-11-3-7-15-23(19)28(30)24-16-8-4-12-20(24)26;2*1-12(10-13-6-3-2-4-7-13)14-8-5-9-15(16)11-14;1-2-8-6-4-3-5-7-8/h3-38H,1-2H3;1-16H;2*2-11H,1H3;3-7H,2H2,1H3/b39-35+,40-36+;;2*12-10+;. The first-order chi connectivity index (χ1) is 62.8. The molecule has 0 aliphatic heterocycles. The zero-order valence-corrected chi connectivity index (χ0v) is 78.5. The molecule has 0 aromatic heterocycles. The average Bonchev–Trinajstić information content (AvgIpc) is 0.705. The van der Waals surface area contributed by atoms with E-state index in [0.717, 1.165) is 24.3 Å². The molecule has 618 valence electrons. The lowest BCUT2D eigenvalue weighted by molar-refractivity contribution is 1.14. The first kappa shape index (κ1) is 86.7. The number of aryl methyl sites for hydroxylation is 1. The van der Waals surface area contributed by atoms with Gasteiger partial charge in [-0.3, -0.25) is 0 Å². The third-order valence-electron chi connectivity index (χ3n) is 23.8. The number of halogens is 4. The normalized spacial score (nSPS) is 11.7. The van der Waals surface area contributed by atoms with Crippen LogP contribution >= 0.6 is 63.7 Å². The molecule has 0 fully saturated rings. The Morgan fingerprint density at radius 2 is 0.375 bits per heavy atom. The quantitative estimate of drug-likeness (QED) is 0.0797. The predicted octanol–water partition coefficient (Wildman–Crippen LogP) is 38.2. The van der Waals surface area contributed by atoms with Crippen molar-refractivity contribution in [1.82, 2.24) is 0 Å². The summed E-state index contributed by atoms with van der Waals surface area (Å²) < 4.78 is 4.54. The van der Waals surface area contributed by atoms with E-state index < -0.39 is 0 Å². The second-order valence-electron chi connectivity index (χ2n) is 32.2. The van der Waals surface area contributed by atoms with E-state index in [9.17, 15) is 0 Å². The van der Waals surface area contributed by atoms with Crippen LogP contribution in [0, 0.1) is 0 Å². The molecule has 128 heavy (non-hydrogen) atoms. The van der Waals surface area contributed by atoms with Crippen molar-refractivity contribution in [3.8, 4) is 44.5 Å². The molecule has 0 N–H and O–H groups in total. The van der Waals surface area contributed by atoms with Crippen LogP contribution in [0.25, 0.3) is 177 Å². The van der Waals surface area contributed by atoms with Crippen molar-refractivity contribution in [2.45, 2.75) is 41.0 Å². The minimum absolute atomic E-state index is 1.12. The molecule has 0 heterocycles. The highest BCUT2D eigenvalue weighted by Crippen LogP contribution is 2.52. The molecule has 21 aromatic rings. The third-order valence-corrected chi connectivity index (χ3v) is 26.5. The van der Waals surface area contributed by atoms with Crippen LogP contribution in [0.1, 0.15) is 84.7 Å². The summed E-state index contributed by atoms with van der Waals surface area (Å²) in [6, 6.07) is 158. The molecule has 4 heteroatoms. The Morgan fingerprint density at radius 3 is 0.594 bits per heavy atom. The second kappa shape index (κ2) is 40.9. The Kier molecular flexibility index (Phi) is 27.7. The SMILES string of the molecule is Brc1c2ccccc2c(-c2c3ccccc3c(Br)c3ccccc23)c2ccccc12.C/C(=C\c1ccccc1)c1cccc(-c2c3ccccc3c(-c3c4ccccc4c(-c4cccc(/C(C)=C/c5ccccc5)c4)c4ccccc34)c3ccccc23)c1.C/C(=C\c1ccccc1)c1cccc(Br)c1.C/C(=C\c1ccccc1)c1cccc(Br)c1.CCc1ccccc1. The maximum absolute atomic E-state index is 3.89. The predicted molar refractivity (Wildman–Crippen MR) is 574 cm³/mol. The maximum Gasteiger partial charge on any atom is 0.0332 e. The van der Waals surface area contributed by atoms with Gasteiger partial charge in [0, 0.05) is 17.9 Å². The Bertz CT molecular complexity index is 7050. The molecule has 0 nitrogen and oxygen atoms in total. The van der Waals surface area contributed by atoms with Crippen molar-refractivity contribution in [2.24, 2.45) is 0 Å².